The Labute approximate surface area is 169 Å². The zero-order valence-electron chi connectivity index (χ0n) is 16.2. The number of aromatic nitrogens is 1. The number of rotatable bonds is 7. The van der Waals surface area contributed by atoms with Gasteiger partial charge in [-0.2, -0.15) is 0 Å². The molecule has 0 saturated heterocycles. The van der Waals surface area contributed by atoms with Crippen LogP contribution in [0.3, 0.4) is 0 Å². The summed E-state index contributed by atoms with van der Waals surface area (Å²) >= 11 is 0. The van der Waals surface area contributed by atoms with Gasteiger partial charge in [0.05, 0.1) is 6.61 Å². The molecule has 0 saturated carbocycles. The smallest absolute Gasteiger partial charge is 0.255 e. The van der Waals surface area contributed by atoms with Gasteiger partial charge < -0.3 is 20.7 Å². The third-order valence-corrected chi connectivity index (χ3v) is 3.92. The van der Waals surface area contributed by atoms with Gasteiger partial charge in [0.2, 0.25) is 5.91 Å². The maximum Gasteiger partial charge on any atom is 0.255 e. The standard InChI is InChI=1S/C22H22N4O3/c1-3-29-20-10-8-18(9-11-20)25-21-14-16(12-13-23-21)22(28)26-19-6-4-17(5-7-19)24-15(2)27/h4-14H,3H2,1-2H3,(H,23,25)(H,24,27)(H,26,28). The lowest BCUT2D eigenvalue weighted by molar-refractivity contribution is -0.114. The van der Waals surface area contributed by atoms with E-state index in [4.69, 9.17) is 4.74 Å². The van der Waals surface area contributed by atoms with E-state index < -0.39 is 0 Å². The van der Waals surface area contributed by atoms with E-state index in [1.165, 1.54) is 6.92 Å². The molecule has 0 atom stereocenters. The third-order valence-electron chi connectivity index (χ3n) is 3.92. The SMILES string of the molecule is CCOc1ccc(Nc2cc(C(=O)Nc3ccc(NC(C)=O)cc3)ccn2)cc1. The van der Waals surface area contributed by atoms with Crippen molar-refractivity contribution >= 4 is 34.7 Å². The molecule has 0 aliphatic rings. The first-order valence-electron chi connectivity index (χ1n) is 9.18. The quantitative estimate of drug-likeness (QED) is 0.555. The van der Waals surface area contributed by atoms with Gasteiger partial charge in [-0.05, 0) is 67.6 Å². The van der Waals surface area contributed by atoms with Crippen LogP contribution in [0.5, 0.6) is 5.75 Å². The van der Waals surface area contributed by atoms with Gasteiger partial charge in [-0.3, -0.25) is 9.59 Å². The Hall–Kier alpha value is -3.87. The fourth-order valence-corrected chi connectivity index (χ4v) is 2.63. The fraction of sp³-hybridized carbons (Fsp3) is 0.136. The lowest BCUT2D eigenvalue weighted by Crippen LogP contribution is -2.12. The van der Waals surface area contributed by atoms with Crippen molar-refractivity contribution in [3.8, 4) is 5.75 Å². The summed E-state index contributed by atoms with van der Waals surface area (Å²) in [7, 11) is 0. The summed E-state index contributed by atoms with van der Waals surface area (Å²) in [4.78, 5) is 27.9. The molecule has 29 heavy (non-hydrogen) atoms. The lowest BCUT2D eigenvalue weighted by atomic mass is 10.2. The Kier molecular flexibility index (Phi) is 6.42. The maximum atomic E-state index is 12.5. The van der Waals surface area contributed by atoms with E-state index in [9.17, 15) is 9.59 Å². The second kappa shape index (κ2) is 9.36. The number of nitrogens with zero attached hydrogens (tertiary/aromatic N) is 1. The van der Waals surface area contributed by atoms with Crippen LogP contribution in [0.15, 0.2) is 66.9 Å². The summed E-state index contributed by atoms with van der Waals surface area (Å²) < 4.78 is 5.43. The summed E-state index contributed by atoms with van der Waals surface area (Å²) in [5.41, 5.74) is 2.61. The first kappa shape index (κ1) is 19.9. The molecule has 0 aliphatic heterocycles. The number of ether oxygens (including phenoxy) is 1. The second-order valence-electron chi connectivity index (χ2n) is 6.22. The first-order chi connectivity index (χ1) is 14.0. The van der Waals surface area contributed by atoms with Crippen LogP contribution >= 0.6 is 0 Å². The summed E-state index contributed by atoms with van der Waals surface area (Å²) in [6.07, 6.45) is 1.58. The van der Waals surface area contributed by atoms with E-state index in [2.05, 4.69) is 20.9 Å². The molecule has 148 valence electrons. The average Bonchev–Trinajstić information content (AvgIpc) is 2.71. The Morgan fingerprint density at radius 3 is 2.14 bits per heavy atom. The predicted molar refractivity (Wildman–Crippen MR) is 114 cm³/mol. The molecule has 3 aromatic rings. The molecule has 1 heterocycles. The molecular weight excluding hydrogens is 368 g/mol. The van der Waals surface area contributed by atoms with Crippen molar-refractivity contribution in [3.63, 3.8) is 0 Å². The minimum atomic E-state index is -0.255. The highest BCUT2D eigenvalue weighted by molar-refractivity contribution is 6.04. The summed E-state index contributed by atoms with van der Waals surface area (Å²) in [6, 6.07) is 17.7. The van der Waals surface area contributed by atoms with Crippen LogP contribution in [0.25, 0.3) is 0 Å². The van der Waals surface area contributed by atoms with Gasteiger partial charge in [0.1, 0.15) is 11.6 Å². The van der Waals surface area contributed by atoms with E-state index in [-0.39, 0.29) is 11.8 Å². The molecule has 1 aromatic heterocycles. The van der Waals surface area contributed by atoms with Crippen molar-refractivity contribution < 1.29 is 14.3 Å². The number of carbonyl (C=O) groups is 2. The minimum absolute atomic E-state index is 0.147. The second-order valence-corrected chi connectivity index (χ2v) is 6.22. The van der Waals surface area contributed by atoms with Gasteiger partial charge in [0, 0.05) is 35.7 Å². The van der Waals surface area contributed by atoms with Gasteiger partial charge in [0.15, 0.2) is 0 Å². The summed E-state index contributed by atoms with van der Waals surface area (Å²) in [5, 5.41) is 8.68. The largest absolute Gasteiger partial charge is 0.494 e. The molecule has 0 fully saturated rings. The Morgan fingerprint density at radius 2 is 1.52 bits per heavy atom. The highest BCUT2D eigenvalue weighted by Gasteiger charge is 2.08. The molecule has 2 amide bonds. The number of nitrogens with one attached hydrogen (secondary N) is 3. The fourth-order valence-electron chi connectivity index (χ4n) is 2.63. The van der Waals surface area contributed by atoms with E-state index in [1.807, 2.05) is 31.2 Å². The normalized spacial score (nSPS) is 10.1. The highest BCUT2D eigenvalue weighted by atomic mass is 16.5. The number of carbonyl (C=O) groups excluding carboxylic acids is 2. The molecule has 3 rings (SSSR count). The zero-order chi connectivity index (χ0) is 20.6. The maximum absolute atomic E-state index is 12.5. The van der Waals surface area contributed by atoms with Crippen LogP contribution in [0.1, 0.15) is 24.2 Å². The monoisotopic (exact) mass is 390 g/mol. The molecule has 0 aliphatic carbocycles. The van der Waals surface area contributed by atoms with Gasteiger partial charge in [0.25, 0.3) is 5.91 Å². The molecule has 7 heteroatoms. The van der Waals surface area contributed by atoms with Crippen molar-refractivity contribution in [3.05, 3.63) is 72.4 Å². The van der Waals surface area contributed by atoms with Crippen LogP contribution in [-0.2, 0) is 4.79 Å². The number of anilines is 4. The van der Waals surface area contributed by atoms with Gasteiger partial charge in [-0.15, -0.1) is 0 Å². The van der Waals surface area contributed by atoms with Crippen LogP contribution in [-0.4, -0.2) is 23.4 Å². The summed E-state index contributed by atoms with van der Waals surface area (Å²) in [5.74, 6) is 0.951. The number of benzene rings is 2. The number of amides is 2. The van der Waals surface area contributed by atoms with Gasteiger partial charge in [-0.25, -0.2) is 4.98 Å². The summed E-state index contributed by atoms with van der Waals surface area (Å²) in [6.45, 7) is 3.99. The van der Waals surface area contributed by atoms with E-state index in [0.717, 1.165) is 11.4 Å². The van der Waals surface area contributed by atoms with E-state index >= 15 is 0 Å². The van der Waals surface area contributed by atoms with Crippen LogP contribution < -0.4 is 20.7 Å². The lowest BCUT2D eigenvalue weighted by Gasteiger charge is -2.10. The molecule has 0 unspecified atom stereocenters. The molecule has 3 N–H and O–H groups in total. The number of hydrogen-bond acceptors (Lipinski definition) is 5. The van der Waals surface area contributed by atoms with Crippen molar-refractivity contribution in [2.24, 2.45) is 0 Å². The van der Waals surface area contributed by atoms with Gasteiger partial charge in [-0.1, -0.05) is 0 Å². The molecule has 0 bridgehead atoms. The Balaban J connectivity index is 1.65. The molecular formula is C22H22N4O3. The molecule has 0 radical (unpaired) electrons. The first-order valence-corrected chi connectivity index (χ1v) is 9.18. The third kappa shape index (κ3) is 5.80. The Morgan fingerprint density at radius 1 is 0.897 bits per heavy atom. The number of pyridine rings is 1. The van der Waals surface area contributed by atoms with E-state index in [0.29, 0.717) is 29.4 Å². The van der Waals surface area contributed by atoms with Crippen molar-refractivity contribution in [1.29, 1.82) is 0 Å². The Bertz CT molecular complexity index is 986. The number of hydrogen-bond donors (Lipinski definition) is 3. The van der Waals surface area contributed by atoms with Crippen molar-refractivity contribution in [1.82, 2.24) is 4.98 Å². The van der Waals surface area contributed by atoms with Crippen LogP contribution in [0.2, 0.25) is 0 Å². The zero-order valence-corrected chi connectivity index (χ0v) is 16.2. The minimum Gasteiger partial charge on any atom is -0.494 e. The van der Waals surface area contributed by atoms with Crippen LogP contribution in [0.4, 0.5) is 22.9 Å². The molecule has 2 aromatic carbocycles. The van der Waals surface area contributed by atoms with Crippen LogP contribution in [0, 0.1) is 0 Å². The molecule has 0 spiro atoms. The predicted octanol–water partition coefficient (Wildman–Crippen LogP) is 4.43. The average molecular weight is 390 g/mol. The highest BCUT2D eigenvalue weighted by Crippen LogP contribution is 2.20. The van der Waals surface area contributed by atoms with Crippen molar-refractivity contribution in [2.45, 2.75) is 13.8 Å². The van der Waals surface area contributed by atoms with E-state index in [1.54, 1.807) is 42.6 Å². The molecule has 7 nitrogen and oxygen atoms in total. The van der Waals surface area contributed by atoms with Crippen molar-refractivity contribution in [2.75, 3.05) is 22.6 Å². The topological polar surface area (TPSA) is 92.4 Å². The van der Waals surface area contributed by atoms with Gasteiger partial charge >= 0.3 is 0 Å².